The molecule has 0 spiro atoms. The van der Waals surface area contributed by atoms with E-state index in [1.807, 2.05) is 0 Å². The van der Waals surface area contributed by atoms with Gasteiger partial charge in [-0.25, -0.2) is 9.59 Å². The Morgan fingerprint density at radius 2 is 1.71 bits per heavy atom. The van der Waals surface area contributed by atoms with Gasteiger partial charge in [0.25, 0.3) is 0 Å². The summed E-state index contributed by atoms with van der Waals surface area (Å²) in [5, 5.41) is 17.8. The standard InChI is InChI=1S/C12H9ClO4/c13-10-5-2-8(3-6-10)1-4-9(12(16)17)7-11(14)15/h1-7H,(H,14,15)(H,16,17)/b4-1?,9-7-. The van der Waals surface area contributed by atoms with Crippen molar-refractivity contribution in [3.05, 3.63) is 52.6 Å². The largest absolute Gasteiger partial charge is 0.478 e. The van der Waals surface area contributed by atoms with E-state index in [4.69, 9.17) is 21.8 Å². The SMILES string of the molecule is O=C(O)/C=C(/C=Cc1ccc(Cl)cc1)C(=O)O. The summed E-state index contributed by atoms with van der Waals surface area (Å²) in [5.74, 6) is -2.60. The van der Waals surface area contributed by atoms with E-state index in [0.717, 1.165) is 5.56 Å². The third kappa shape index (κ3) is 4.53. The second-order valence-corrected chi connectivity index (χ2v) is 3.56. The maximum absolute atomic E-state index is 10.7. The lowest BCUT2D eigenvalue weighted by molar-refractivity contribution is -0.134. The van der Waals surface area contributed by atoms with Gasteiger partial charge in [0, 0.05) is 11.1 Å². The molecule has 0 unspecified atom stereocenters. The normalized spacial score (nSPS) is 11.7. The van der Waals surface area contributed by atoms with E-state index >= 15 is 0 Å². The summed E-state index contributed by atoms with van der Waals surface area (Å²) in [7, 11) is 0. The average molecular weight is 253 g/mol. The molecule has 0 aliphatic carbocycles. The zero-order valence-electron chi connectivity index (χ0n) is 8.63. The molecule has 0 heterocycles. The summed E-state index contributed by atoms with van der Waals surface area (Å²) in [6.07, 6.45) is 3.35. The van der Waals surface area contributed by atoms with Gasteiger partial charge in [0.1, 0.15) is 0 Å². The molecular weight excluding hydrogens is 244 g/mol. The maximum Gasteiger partial charge on any atom is 0.335 e. The lowest BCUT2D eigenvalue weighted by atomic mass is 10.1. The number of carboxylic acid groups (broad SMARTS) is 2. The van der Waals surface area contributed by atoms with Gasteiger partial charge in [-0.05, 0) is 23.8 Å². The molecule has 4 nitrogen and oxygen atoms in total. The quantitative estimate of drug-likeness (QED) is 0.638. The average Bonchev–Trinajstić information content (AvgIpc) is 2.25. The molecule has 1 aromatic carbocycles. The smallest absolute Gasteiger partial charge is 0.335 e. The van der Waals surface area contributed by atoms with Crippen molar-refractivity contribution in [1.82, 2.24) is 0 Å². The molecule has 1 rings (SSSR count). The van der Waals surface area contributed by atoms with Crippen LogP contribution >= 0.6 is 11.6 Å². The summed E-state index contributed by atoms with van der Waals surface area (Å²) in [4.78, 5) is 21.1. The van der Waals surface area contributed by atoms with Crippen LogP contribution in [-0.4, -0.2) is 22.2 Å². The molecule has 0 aromatic heterocycles. The molecule has 2 N–H and O–H groups in total. The molecule has 0 bridgehead atoms. The van der Waals surface area contributed by atoms with E-state index in [-0.39, 0.29) is 5.57 Å². The van der Waals surface area contributed by atoms with Crippen LogP contribution in [0.5, 0.6) is 0 Å². The van der Waals surface area contributed by atoms with Crippen molar-refractivity contribution in [1.29, 1.82) is 0 Å². The third-order valence-electron chi connectivity index (χ3n) is 1.85. The maximum atomic E-state index is 10.7. The van der Waals surface area contributed by atoms with Crippen LogP contribution in [0, 0.1) is 0 Å². The van der Waals surface area contributed by atoms with Crippen molar-refractivity contribution < 1.29 is 19.8 Å². The van der Waals surface area contributed by atoms with Gasteiger partial charge >= 0.3 is 11.9 Å². The minimum absolute atomic E-state index is 0.299. The van der Waals surface area contributed by atoms with E-state index < -0.39 is 11.9 Å². The summed E-state index contributed by atoms with van der Waals surface area (Å²) in [6, 6.07) is 6.70. The monoisotopic (exact) mass is 252 g/mol. The number of aliphatic carboxylic acids is 2. The van der Waals surface area contributed by atoms with Crippen LogP contribution in [0.4, 0.5) is 0 Å². The van der Waals surface area contributed by atoms with Crippen molar-refractivity contribution >= 4 is 29.6 Å². The van der Waals surface area contributed by atoms with Gasteiger partial charge in [-0.2, -0.15) is 0 Å². The topological polar surface area (TPSA) is 74.6 Å². The van der Waals surface area contributed by atoms with Gasteiger partial charge < -0.3 is 10.2 Å². The molecule has 0 aliphatic rings. The Kier molecular flexibility index (Phi) is 4.48. The van der Waals surface area contributed by atoms with Crippen LogP contribution in [0.2, 0.25) is 5.02 Å². The number of carboxylic acids is 2. The van der Waals surface area contributed by atoms with Crippen LogP contribution in [0.3, 0.4) is 0 Å². The molecule has 5 heteroatoms. The lowest BCUT2D eigenvalue weighted by Gasteiger charge is -1.95. The first kappa shape index (κ1) is 13.0. The van der Waals surface area contributed by atoms with Crippen molar-refractivity contribution in [2.45, 2.75) is 0 Å². The molecule has 1 aromatic rings. The second kappa shape index (κ2) is 5.86. The molecule has 17 heavy (non-hydrogen) atoms. The van der Waals surface area contributed by atoms with Crippen LogP contribution in [0.1, 0.15) is 5.56 Å². The predicted molar refractivity (Wildman–Crippen MR) is 63.8 cm³/mol. The Labute approximate surface area is 102 Å². The van der Waals surface area contributed by atoms with E-state index in [2.05, 4.69) is 0 Å². The molecule has 0 saturated carbocycles. The second-order valence-electron chi connectivity index (χ2n) is 3.13. The van der Waals surface area contributed by atoms with Crippen molar-refractivity contribution in [3.8, 4) is 0 Å². The van der Waals surface area contributed by atoms with Gasteiger partial charge in [0.05, 0.1) is 5.57 Å². The molecule has 0 saturated heterocycles. The Balaban J connectivity index is 2.91. The van der Waals surface area contributed by atoms with Crippen molar-refractivity contribution in [2.75, 3.05) is 0 Å². The zero-order valence-corrected chi connectivity index (χ0v) is 9.39. The Morgan fingerprint density at radius 1 is 1.12 bits per heavy atom. The number of hydrogen-bond acceptors (Lipinski definition) is 2. The predicted octanol–water partition coefficient (Wildman–Crippen LogP) is 2.45. The van der Waals surface area contributed by atoms with E-state index in [9.17, 15) is 9.59 Å². The highest BCUT2D eigenvalue weighted by atomic mass is 35.5. The molecule has 0 fully saturated rings. The summed E-state index contributed by atoms with van der Waals surface area (Å²) < 4.78 is 0. The Bertz CT molecular complexity index is 486. The highest BCUT2D eigenvalue weighted by Gasteiger charge is 2.05. The first-order valence-corrected chi connectivity index (χ1v) is 4.98. The first-order valence-electron chi connectivity index (χ1n) is 4.60. The van der Waals surface area contributed by atoms with Crippen LogP contribution in [0.15, 0.2) is 42.0 Å². The van der Waals surface area contributed by atoms with E-state index in [1.54, 1.807) is 24.3 Å². The Hall–Kier alpha value is -2.07. The van der Waals surface area contributed by atoms with Crippen molar-refractivity contribution in [2.24, 2.45) is 0 Å². The fourth-order valence-electron chi connectivity index (χ4n) is 1.07. The number of benzene rings is 1. The van der Waals surface area contributed by atoms with Gasteiger partial charge in [-0.1, -0.05) is 29.8 Å². The summed E-state index contributed by atoms with van der Waals surface area (Å²) in [5.41, 5.74) is 0.430. The highest BCUT2D eigenvalue weighted by Crippen LogP contribution is 2.11. The van der Waals surface area contributed by atoms with Gasteiger partial charge in [0.15, 0.2) is 0 Å². The van der Waals surface area contributed by atoms with Crippen LogP contribution in [-0.2, 0) is 9.59 Å². The summed E-state index contributed by atoms with van der Waals surface area (Å²) in [6.45, 7) is 0. The third-order valence-corrected chi connectivity index (χ3v) is 2.10. The molecule has 0 aliphatic heterocycles. The van der Waals surface area contributed by atoms with Crippen molar-refractivity contribution in [3.63, 3.8) is 0 Å². The Morgan fingerprint density at radius 3 is 2.18 bits per heavy atom. The number of carbonyl (C=O) groups is 2. The highest BCUT2D eigenvalue weighted by molar-refractivity contribution is 6.30. The minimum atomic E-state index is -1.30. The fraction of sp³-hybridized carbons (Fsp3) is 0. The lowest BCUT2D eigenvalue weighted by Crippen LogP contribution is -2.01. The van der Waals surface area contributed by atoms with E-state index in [0.29, 0.717) is 11.1 Å². The van der Waals surface area contributed by atoms with Gasteiger partial charge in [0.2, 0.25) is 0 Å². The molecular formula is C12H9ClO4. The fourth-order valence-corrected chi connectivity index (χ4v) is 1.20. The molecule has 0 atom stereocenters. The molecule has 88 valence electrons. The minimum Gasteiger partial charge on any atom is -0.478 e. The summed E-state index contributed by atoms with van der Waals surface area (Å²) >= 11 is 5.69. The van der Waals surface area contributed by atoms with Gasteiger partial charge in [-0.3, -0.25) is 0 Å². The van der Waals surface area contributed by atoms with Gasteiger partial charge in [-0.15, -0.1) is 0 Å². The molecule has 0 amide bonds. The number of hydrogen-bond donors (Lipinski definition) is 2. The zero-order chi connectivity index (χ0) is 12.8. The first-order chi connectivity index (χ1) is 7.99. The number of rotatable bonds is 4. The van der Waals surface area contributed by atoms with E-state index in [1.165, 1.54) is 12.2 Å². The molecule has 0 radical (unpaired) electrons. The van der Waals surface area contributed by atoms with Crippen LogP contribution < -0.4 is 0 Å². The van der Waals surface area contributed by atoms with Crippen LogP contribution in [0.25, 0.3) is 6.08 Å². The number of halogens is 1.